The van der Waals surface area contributed by atoms with Crippen LogP contribution in [-0.4, -0.2) is 34.4 Å². The number of carboxylic acid groups (broad SMARTS) is 1. The molecule has 1 aromatic rings. The summed E-state index contributed by atoms with van der Waals surface area (Å²) in [7, 11) is 0. The fourth-order valence-corrected chi connectivity index (χ4v) is 3.35. The molecular formula is C14H20N2O4S. The summed E-state index contributed by atoms with van der Waals surface area (Å²) in [6.07, 6.45) is 2.21. The summed E-state index contributed by atoms with van der Waals surface area (Å²) < 4.78 is 5.06. The normalized spacial score (nSPS) is 16.3. The zero-order chi connectivity index (χ0) is 15.5. The SMILES string of the molecule is Cc1noc(C)c1CSCC(=O)NCC1(C(=O)O)CCC1. The van der Waals surface area contributed by atoms with Crippen LogP contribution < -0.4 is 5.32 Å². The first-order valence-electron chi connectivity index (χ1n) is 6.94. The number of carboxylic acids is 1. The molecule has 1 aliphatic carbocycles. The number of amides is 1. The average molecular weight is 312 g/mol. The fraction of sp³-hybridized carbons (Fsp3) is 0.643. The molecule has 1 heterocycles. The van der Waals surface area contributed by atoms with Crippen molar-refractivity contribution in [3.63, 3.8) is 0 Å². The quantitative estimate of drug-likeness (QED) is 0.799. The van der Waals surface area contributed by atoms with Crippen molar-refractivity contribution in [2.75, 3.05) is 12.3 Å². The van der Waals surface area contributed by atoms with Gasteiger partial charge in [0.25, 0.3) is 0 Å². The summed E-state index contributed by atoms with van der Waals surface area (Å²) in [5, 5.41) is 15.8. The van der Waals surface area contributed by atoms with Crippen LogP contribution in [0.5, 0.6) is 0 Å². The van der Waals surface area contributed by atoms with Crippen LogP contribution in [0, 0.1) is 19.3 Å². The smallest absolute Gasteiger partial charge is 0.311 e. The van der Waals surface area contributed by atoms with E-state index in [4.69, 9.17) is 4.52 Å². The Balaban J connectivity index is 1.72. The highest BCUT2D eigenvalue weighted by Gasteiger charge is 2.44. The maximum Gasteiger partial charge on any atom is 0.311 e. The third-order valence-electron chi connectivity index (χ3n) is 4.05. The number of carbonyl (C=O) groups excluding carboxylic acids is 1. The van der Waals surface area contributed by atoms with Crippen LogP contribution in [0.1, 0.15) is 36.3 Å². The zero-order valence-corrected chi connectivity index (χ0v) is 13.1. The second kappa shape index (κ2) is 6.51. The zero-order valence-electron chi connectivity index (χ0n) is 12.3. The Morgan fingerprint density at radius 3 is 2.62 bits per heavy atom. The molecule has 116 valence electrons. The molecule has 1 aliphatic rings. The van der Waals surface area contributed by atoms with E-state index < -0.39 is 11.4 Å². The molecular weight excluding hydrogens is 292 g/mol. The molecule has 1 aromatic heterocycles. The second-order valence-electron chi connectivity index (χ2n) is 5.51. The molecule has 6 nitrogen and oxygen atoms in total. The molecule has 1 amide bonds. The van der Waals surface area contributed by atoms with Crippen LogP contribution in [0.15, 0.2) is 4.52 Å². The number of aliphatic carboxylic acids is 1. The number of hydrogen-bond acceptors (Lipinski definition) is 5. The minimum atomic E-state index is -0.808. The van der Waals surface area contributed by atoms with Gasteiger partial charge in [0, 0.05) is 17.9 Å². The van der Waals surface area contributed by atoms with E-state index in [-0.39, 0.29) is 12.5 Å². The minimum absolute atomic E-state index is 0.126. The first-order valence-corrected chi connectivity index (χ1v) is 8.10. The van der Waals surface area contributed by atoms with Crippen LogP contribution in [0.4, 0.5) is 0 Å². The summed E-state index contributed by atoms with van der Waals surface area (Å²) in [6, 6.07) is 0. The molecule has 0 aromatic carbocycles. The van der Waals surface area contributed by atoms with E-state index >= 15 is 0 Å². The third kappa shape index (κ3) is 3.58. The largest absolute Gasteiger partial charge is 0.481 e. The molecule has 0 radical (unpaired) electrons. The molecule has 0 saturated heterocycles. The number of nitrogens with zero attached hydrogens (tertiary/aromatic N) is 1. The maximum absolute atomic E-state index is 11.8. The lowest BCUT2D eigenvalue weighted by Crippen LogP contribution is -2.47. The van der Waals surface area contributed by atoms with Crippen LogP contribution in [-0.2, 0) is 15.3 Å². The monoisotopic (exact) mass is 312 g/mol. The average Bonchev–Trinajstić information content (AvgIpc) is 2.68. The van der Waals surface area contributed by atoms with Crippen LogP contribution >= 0.6 is 11.8 Å². The van der Waals surface area contributed by atoms with Gasteiger partial charge >= 0.3 is 5.97 Å². The van der Waals surface area contributed by atoms with Crippen molar-refractivity contribution >= 4 is 23.6 Å². The van der Waals surface area contributed by atoms with E-state index in [0.29, 0.717) is 24.3 Å². The van der Waals surface area contributed by atoms with Crippen molar-refractivity contribution in [3.05, 3.63) is 17.0 Å². The van der Waals surface area contributed by atoms with Crippen molar-refractivity contribution in [2.45, 2.75) is 38.9 Å². The minimum Gasteiger partial charge on any atom is -0.481 e. The van der Waals surface area contributed by atoms with E-state index in [9.17, 15) is 14.7 Å². The van der Waals surface area contributed by atoms with Gasteiger partial charge in [0.05, 0.1) is 16.9 Å². The highest BCUT2D eigenvalue weighted by molar-refractivity contribution is 7.99. The Morgan fingerprint density at radius 1 is 1.43 bits per heavy atom. The van der Waals surface area contributed by atoms with Gasteiger partial charge in [0.15, 0.2) is 0 Å². The van der Waals surface area contributed by atoms with Gasteiger partial charge in [0.2, 0.25) is 5.91 Å². The standard InChI is InChI=1S/C14H20N2O4S/c1-9-11(10(2)20-16-9)6-21-7-12(17)15-8-14(13(18)19)4-3-5-14/h3-8H2,1-2H3,(H,15,17)(H,18,19). The van der Waals surface area contributed by atoms with Gasteiger partial charge in [-0.2, -0.15) is 0 Å². The molecule has 0 aliphatic heterocycles. The van der Waals surface area contributed by atoms with E-state index in [2.05, 4.69) is 10.5 Å². The van der Waals surface area contributed by atoms with E-state index in [1.807, 2.05) is 13.8 Å². The summed E-state index contributed by atoms with van der Waals surface area (Å²) in [4.78, 5) is 23.0. The van der Waals surface area contributed by atoms with Crippen molar-refractivity contribution in [1.82, 2.24) is 10.5 Å². The van der Waals surface area contributed by atoms with Gasteiger partial charge in [-0.3, -0.25) is 9.59 Å². The lowest BCUT2D eigenvalue weighted by atomic mass is 9.69. The number of carbonyl (C=O) groups is 2. The van der Waals surface area contributed by atoms with E-state index in [0.717, 1.165) is 23.4 Å². The number of aromatic nitrogens is 1. The van der Waals surface area contributed by atoms with Gasteiger partial charge < -0.3 is 14.9 Å². The number of nitrogens with one attached hydrogen (secondary N) is 1. The predicted molar refractivity (Wildman–Crippen MR) is 79.1 cm³/mol. The van der Waals surface area contributed by atoms with Gasteiger partial charge in [-0.1, -0.05) is 11.6 Å². The Kier molecular flexibility index (Phi) is 4.92. The van der Waals surface area contributed by atoms with Gasteiger partial charge in [-0.15, -0.1) is 11.8 Å². The number of hydrogen-bond donors (Lipinski definition) is 2. The second-order valence-corrected chi connectivity index (χ2v) is 6.50. The summed E-state index contributed by atoms with van der Waals surface area (Å²) in [6.45, 7) is 3.95. The molecule has 0 atom stereocenters. The molecule has 21 heavy (non-hydrogen) atoms. The molecule has 2 rings (SSSR count). The summed E-state index contributed by atoms with van der Waals surface area (Å²) >= 11 is 1.47. The van der Waals surface area contributed by atoms with Gasteiger partial charge in [-0.25, -0.2) is 0 Å². The van der Waals surface area contributed by atoms with Gasteiger partial charge in [0.1, 0.15) is 5.76 Å². The predicted octanol–water partition coefficient (Wildman–Crippen LogP) is 1.90. The first-order chi connectivity index (χ1) is 9.94. The Labute approximate surface area is 127 Å². The van der Waals surface area contributed by atoms with Crippen LogP contribution in [0.25, 0.3) is 0 Å². The molecule has 0 unspecified atom stereocenters. The Hall–Kier alpha value is -1.50. The van der Waals surface area contributed by atoms with Crippen molar-refractivity contribution in [2.24, 2.45) is 5.41 Å². The molecule has 1 fully saturated rings. The third-order valence-corrected chi connectivity index (χ3v) is 5.01. The highest BCUT2D eigenvalue weighted by Crippen LogP contribution is 2.40. The molecule has 2 N–H and O–H groups in total. The topological polar surface area (TPSA) is 92.4 Å². The van der Waals surface area contributed by atoms with E-state index in [1.165, 1.54) is 11.8 Å². The van der Waals surface area contributed by atoms with E-state index in [1.54, 1.807) is 0 Å². The molecule has 0 spiro atoms. The summed E-state index contributed by atoms with van der Waals surface area (Å²) in [5.41, 5.74) is 1.13. The molecule has 1 saturated carbocycles. The van der Waals surface area contributed by atoms with Crippen molar-refractivity contribution in [3.8, 4) is 0 Å². The number of rotatable bonds is 7. The van der Waals surface area contributed by atoms with Gasteiger partial charge in [-0.05, 0) is 26.7 Å². The number of aryl methyl sites for hydroxylation is 2. The lowest BCUT2D eigenvalue weighted by molar-refractivity contribution is -0.154. The van der Waals surface area contributed by atoms with Crippen LogP contribution in [0.3, 0.4) is 0 Å². The van der Waals surface area contributed by atoms with Crippen molar-refractivity contribution in [1.29, 1.82) is 0 Å². The lowest BCUT2D eigenvalue weighted by Gasteiger charge is -2.37. The maximum atomic E-state index is 11.8. The Bertz CT molecular complexity index is 518. The summed E-state index contributed by atoms with van der Waals surface area (Å²) in [5.74, 6) is 0.815. The highest BCUT2D eigenvalue weighted by atomic mass is 32.2. The van der Waals surface area contributed by atoms with Crippen molar-refractivity contribution < 1.29 is 19.2 Å². The Morgan fingerprint density at radius 2 is 2.14 bits per heavy atom. The van der Waals surface area contributed by atoms with Crippen LogP contribution in [0.2, 0.25) is 0 Å². The fourth-order valence-electron chi connectivity index (χ4n) is 2.34. The number of thioether (sulfide) groups is 1. The molecule has 0 bridgehead atoms. The first kappa shape index (κ1) is 15.9. The molecule has 7 heteroatoms.